The molecule has 1 aliphatic rings. The Morgan fingerprint density at radius 1 is 1.35 bits per heavy atom. The maximum absolute atomic E-state index is 12.3. The molecule has 96 valence electrons. The summed E-state index contributed by atoms with van der Waals surface area (Å²) >= 11 is 0. The third-order valence-corrected chi connectivity index (χ3v) is 4.86. The van der Waals surface area contributed by atoms with E-state index in [0.717, 1.165) is 31.6 Å². The lowest BCUT2D eigenvalue weighted by Crippen LogP contribution is -2.28. The minimum Gasteiger partial charge on any atom is -0.334 e. The molecule has 0 N–H and O–H groups in total. The Bertz CT molecular complexity index is 487. The van der Waals surface area contributed by atoms with E-state index in [1.807, 2.05) is 11.5 Å². The molecular weight excluding hydrogens is 238 g/mol. The Labute approximate surface area is 103 Å². The summed E-state index contributed by atoms with van der Waals surface area (Å²) in [5, 5.41) is 0.199. The van der Waals surface area contributed by atoms with Gasteiger partial charge >= 0.3 is 0 Å². The van der Waals surface area contributed by atoms with Gasteiger partial charge in [0.2, 0.25) is 0 Å². The molecule has 0 unspecified atom stereocenters. The molecule has 0 bridgehead atoms. The number of imidazole rings is 1. The average molecular weight is 257 g/mol. The van der Waals surface area contributed by atoms with Gasteiger partial charge in [0, 0.05) is 25.8 Å². The van der Waals surface area contributed by atoms with E-state index in [0.29, 0.717) is 13.1 Å². The second kappa shape index (κ2) is 4.78. The standard InChI is InChI=1S/C11H19N3O2S/c1-3-6-13-9-11(12-10(13)2)17(15,16)14-7-4-5-8-14/h9H,3-8H2,1-2H3. The molecule has 0 amide bonds. The normalized spacial score (nSPS) is 17.8. The van der Waals surface area contributed by atoms with Crippen LogP contribution in [0.3, 0.4) is 0 Å². The van der Waals surface area contributed by atoms with Gasteiger partial charge in [-0.3, -0.25) is 0 Å². The van der Waals surface area contributed by atoms with Gasteiger partial charge in [-0.05, 0) is 26.2 Å². The predicted molar refractivity (Wildman–Crippen MR) is 65.2 cm³/mol. The highest BCUT2D eigenvalue weighted by Crippen LogP contribution is 2.20. The first kappa shape index (κ1) is 12.6. The van der Waals surface area contributed by atoms with Crippen molar-refractivity contribution in [1.29, 1.82) is 0 Å². The lowest BCUT2D eigenvalue weighted by atomic mass is 10.4. The minimum atomic E-state index is -3.36. The molecule has 1 saturated heterocycles. The molecule has 1 aromatic rings. The Morgan fingerprint density at radius 2 is 2.00 bits per heavy atom. The van der Waals surface area contributed by atoms with Crippen molar-refractivity contribution in [3.63, 3.8) is 0 Å². The first-order valence-electron chi connectivity index (χ1n) is 6.09. The Morgan fingerprint density at radius 3 is 2.59 bits per heavy atom. The fraction of sp³-hybridized carbons (Fsp3) is 0.727. The van der Waals surface area contributed by atoms with Crippen molar-refractivity contribution >= 4 is 10.0 Å². The Hall–Kier alpha value is -0.880. The van der Waals surface area contributed by atoms with Crippen molar-refractivity contribution in [2.75, 3.05) is 13.1 Å². The van der Waals surface area contributed by atoms with E-state index in [9.17, 15) is 8.42 Å². The number of rotatable bonds is 4. The molecule has 1 aliphatic heterocycles. The Balaban J connectivity index is 2.29. The molecule has 0 saturated carbocycles. The van der Waals surface area contributed by atoms with Gasteiger partial charge in [0.15, 0.2) is 5.03 Å². The van der Waals surface area contributed by atoms with Gasteiger partial charge in [-0.1, -0.05) is 6.92 Å². The van der Waals surface area contributed by atoms with Crippen molar-refractivity contribution in [1.82, 2.24) is 13.9 Å². The molecule has 2 rings (SSSR count). The fourth-order valence-electron chi connectivity index (χ4n) is 2.13. The molecule has 6 heteroatoms. The van der Waals surface area contributed by atoms with Crippen LogP contribution < -0.4 is 0 Å². The molecule has 0 aromatic carbocycles. The van der Waals surface area contributed by atoms with E-state index in [1.165, 1.54) is 4.31 Å². The van der Waals surface area contributed by atoms with E-state index >= 15 is 0 Å². The first-order chi connectivity index (χ1) is 8.05. The highest BCUT2D eigenvalue weighted by atomic mass is 32.2. The van der Waals surface area contributed by atoms with Crippen molar-refractivity contribution in [3.05, 3.63) is 12.0 Å². The monoisotopic (exact) mass is 257 g/mol. The molecule has 17 heavy (non-hydrogen) atoms. The van der Waals surface area contributed by atoms with Gasteiger partial charge in [0.25, 0.3) is 10.0 Å². The van der Waals surface area contributed by atoms with E-state index in [-0.39, 0.29) is 5.03 Å². The summed E-state index contributed by atoms with van der Waals surface area (Å²) in [6, 6.07) is 0. The van der Waals surface area contributed by atoms with Crippen LogP contribution in [0.25, 0.3) is 0 Å². The summed E-state index contributed by atoms with van der Waals surface area (Å²) in [7, 11) is -3.36. The van der Waals surface area contributed by atoms with Crippen LogP contribution in [0.5, 0.6) is 0 Å². The van der Waals surface area contributed by atoms with Crippen molar-refractivity contribution in [2.24, 2.45) is 0 Å². The first-order valence-corrected chi connectivity index (χ1v) is 7.53. The number of aryl methyl sites for hydroxylation is 2. The molecule has 2 heterocycles. The maximum atomic E-state index is 12.3. The highest BCUT2D eigenvalue weighted by Gasteiger charge is 2.29. The van der Waals surface area contributed by atoms with Gasteiger partial charge < -0.3 is 4.57 Å². The lowest BCUT2D eigenvalue weighted by molar-refractivity contribution is 0.474. The number of aromatic nitrogens is 2. The summed E-state index contributed by atoms with van der Waals surface area (Å²) < 4.78 is 27.9. The van der Waals surface area contributed by atoms with Gasteiger partial charge in [-0.25, -0.2) is 13.4 Å². The zero-order chi connectivity index (χ0) is 12.5. The number of nitrogens with zero attached hydrogens (tertiary/aromatic N) is 3. The van der Waals surface area contributed by atoms with Crippen LogP contribution in [0.1, 0.15) is 32.0 Å². The van der Waals surface area contributed by atoms with Crippen LogP contribution in [0.4, 0.5) is 0 Å². The molecule has 0 radical (unpaired) electrons. The van der Waals surface area contributed by atoms with Crippen molar-refractivity contribution in [3.8, 4) is 0 Å². The quantitative estimate of drug-likeness (QED) is 0.819. The molecule has 0 atom stereocenters. The van der Waals surface area contributed by atoms with Gasteiger partial charge in [-0.15, -0.1) is 0 Å². The van der Waals surface area contributed by atoms with Crippen LogP contribution in [0, 0.1) is 6.92 Å². The average Bonchev–Trinajstić information content (AvgIpc) is 2.89. The molecule has 1 aromatic heterocycles. The van der Waals surface area contributed by atoms with Gasteiger partial charge in [0.05, 0.1) is 0 Å². The number of sulfonamides is 1. The number of hydrogen-bond donors (Lipinski definition) is 0. The third-order valence-electron chi connectivity index (χ3n) is 3.09. The SMILES string of the molecule is CCCn1cc(S(=O)(=O)N2CCCC2)nc1C. The summed E-state index contributed by atoms with van der Waals surface area (Å²) in [6.07, 6.45) is 4.54. The highest BCUT2D eigenvalue weighted by molar-refractivity contribution is 7.89. The van der Waals surface area contributed by atoms with Crippen LogP contribution >= 0.6 is 0 Å². The number of hydrogen-bond acceptors (Lipinski definition) is 3. The van der Waals surface area contributed by atoms with E-state index in [2.05, 4.69) is 11.9 Å². The second-order valence-corrected chi connectivity index (χ2v) is 6.32. The molecule has 1 fully saturated rings. The van der Waals surface area contributed by atoms with E-state index in [1.54, 1.807) is 6.20 Å². The van der Waals surface area contributed by atoms with Gasteiger partial charge in [-0.2, -0.15) is 4.31 Å². The second-order valence-electron chi connectivity index (χ2n) is 4.43. The van der Waals surface area contributed by atoms with E-state index < -0.39 is 10.0 Å². The minimum absolute atomic E-state index is 0.199. The van der Waals surface area contributed by atoms with Crippen LogP contribution in [0.2, 0.25) is 0 Å². The molecule has 0 aliphatic carbocycles. The summed E-state index contributed by atoms with van der Waals surface area (Å²) in [4.78, 5) is 4.18. The van der Waals surface area contributed by atoms with Crippen molar-refractivity contribution in [2.45, 2.75) is 44.7 Å². The third kappa shape index (κ3) is 2.37. The lowest BCUT2D eigenvalue weighted by Gasteiger charge is -2.12. The smallest absolute Gasteiger partial charge is 0.262 e. The summed E-state index contributed by atoms with van der Waals surface area (Å²) in [5.41, 5.74) is 0. The summed E-state index contributed by atoms with van der Waals surface area (Å²) in [6.45, 7) is 5.98. The van der Waals surface area contributed by atoms with Crippen LogP contribution in [-0.2, 0) is 16.6 Å². The van der Waals surface area contributed by atoms with Crippen molar-refractivity contribution < 1.29 is 8.42 Å². The Kier molecular flexibility index (Phi) is 3.53. The zero-order valence-electron chi connectivity index (χ0n) is 10.4. The van der Waals surface area contributed by atoms with Crippen LogP contribution in [-0.4, -0.2) is 35.4 Å². The summed E-state index contributed by atoms with van der Waals surface area (Å²) in [5.74, 6) is 0.768. The molecule has 5 nitrogen and oxygen atoms in total. The topological polar surface area (TPSA) is 55.2 Å². The van der Waals surface area contributed by atoms with Gasteiger partial charge in [0.1, 0.15) is 5.82 Å². The predicted octanol–water partition coefficient (Wildman–Crippen LogP) is 1.39. The zero-order valence-corrected chi connectivity index (χ0v) is 11.2. The van der Waals surface area contributed by atoms with Crippen LogP contribution in [0.15, 0.2) is 11.2 Å². The largest absolute Gasteiger partial charge is 0.334 e. The maximum Gasteiger partial charge on any atom is 0.262 e. The fourth-order valence-corrected chi connectivity index (χ4v) is 3.64. The molecule has 0 spiro atoms. The van der Waals surface area contributed by atoms with E-state index in [4.69, 9.17) is 0 Å². The molecular formula is C11H19N3O2S.